The second-order valence-electron chi connectivity index (χ2n) is 6.14. The van der Waals surface area contributed by atoms with Gasteiger partial charge in [-0.1, -0.05) is 18.2 Å². The first-order valence-electron chi connectivity index (χ1n) is 7.89. The Bertz CT molecular complexity index is 719. The second kappa shape index (κ2) is 5.66. The van der Waals surface area contributed by atoms with Gasteiger partial charge in [0.15, 0.2) is 0 Å². The van der Waals surface area contributed by atoms with Crippen LogP contribution in [0.2, 0.25) is 0 Å². The van der Waals surface area contributed by atoms with Gasteiger partial charge >= 0.3 is 0 Å². The van der Waals surface area contributed by atoms with E-state index in [0.29, 0.717) is 6.54 Å². The van der Waals surface area contributed by atoms with E-state index in [2.05, 4.69) is 9.88 Å². The van der Waals surface area contributed by atoms with E-state index < -0.39 is 0 Å². The summed E-state index contributed by atoms with van der Waals surface area (Å²) in [5, 5.41) is 0. The van der Waals surface area contributed by atoms with Gasteiger partial charge in [0.1, 0.15) is 11.9 Å². The number of nitrogens with zero attached hydrogens (tertiary/aromatic N) is 3. The summed E-state index contributed by atoms with van der Waals surface area (Å²) in [4.78, 5) is 21.4. The molecule has 3 heterocycles. The minimum Gasteiger partial charge on any atom is -0.487 e. The fourth-order valence-electron chi connectivity index (χ4n) is 3.40. The number of ether oxygens (including phenoxy) is 1. The van der Waals surface area contributed by atoms with E-state index in [-0.39, 0.29) is 18.1 Å². The van der Waals surface area contributed by atoms with E-state index in [4.69, 9.17) is 4.74 Å². The van der Waals surface area contributed by atoms with Gasteiger partial charge in [-0.2, -0.15) is 0 Å². The largest absolute Gasteiger partial charge is 0.487 e. The molecule has 5 nitrogen and oxygen atoms in total. The van der Waals surface area contributed by atoms with Gasteiger partial charge in [-0.05, 0) is 31.3 Å². The fourth-order valence-corrected chi connectivity index (χ4v) is 3.40. The number of likely N-dealkylation sites (N-methyl/N-ethyl adjacent to an activating group) is 1. The van der Waals surface area contributed by atoms with Gasteiger partial charge < -0.3 is 9.64 Å². The number of aromatic nitrogens is 1. The SMILES string of the molecule is CN1CC2CC1C(=O)N(Cc1ccccn1)c1ccccc1O2. The third kappa shape index (κ3) is 2.57. The van der Waals surface area contributed by atoms with Crippen LogP contribution in [0.5, 0.6) is 5.75 Å². The molecular weight excluding hydrogens is 290 g/mol. The van der Waals surface area contributed by atoms with E-state index >= 15 is 0 Å². The van der Waals surface area contributed by atoms with E-state index in [1.54, 1.807) is 11.1 Å². The Hall–Kier alpha value is -2.40. The maximum atomic E-state index is 13.1. The first-order valence-corrected chi connectivity index (χ1v) is 7.89. The van der Waals surface area contributed by atoms with Crippen LogP contribution < -0.4 is 9.64 Å². The number of hydrogen-bond donors (Lipinski definition) is 0. The topological polar surface area (TPSA) is 45.7 Å². The average molecular weight is 309 g/mol. The molecule has 0 spiro atoms. The van der Waals surface area contributed by atoms with E-state index in [0.717, 1.165) is 30.1 Å². The van der Waals surface area contributed by atoms with Crippen LogP contribution in [0.3, 0.4) is 0 Å². The quantitative estimate of drug-likeness (QED) is 0.852. The zero-order valence-corrected chi connectivity index (χ0v) is 13.1. The molecule has 0 saturated carbocycles. The summed E-state index contributed by atoms with van der Waals surface area (Å²) in [5.41, 5.74) is 1.70. The Morgan fingerprint density at radius 1 is 1.22 bits per heavy atom. The Labute approximate surface area is 135 Å². The van der Waals surface area contributed by atoms with Crippen molar-refractivity contribution in [3.05, 3.63) is 54.4 Å². The van der Waals surface area contributed by atoms with Crippen LogP contribution in [0.4, 0.5) is 5.69 Å². The number of pyridine rings is 1. The summed E-state index contributed by atoms with van der Waals surface area (Å²) in [7, 11) is 1.99. The van der Waals surface area contributed by atoms with Crippen molar-refractivity contribution in [3.63, 3.8) is 0 Å². The summed E-state index contributed by atoms with van der Waals surface area (Å²) in [6, 6.07) is 13.4. The molecule has 1 aromatic carbocycles. The molecule has 2 aliphatic rings. The number of anilines is 1. The zero-order valence-electron chi connectivity index (χ0n) is 13.1. The third-order valence-electron chi connectivity index (χ3n) is 4.56. The number of rotatable bonds is 2. The number of carbonyl (C=O) groups excluding carboxylic acids is 1. The van der Waals surface area contributed by atoms with Crippen LogP contribution in [0.15, 0.2) is 48.7 Å². The van der Waals surface area contributed by atoms with Crippen LogP contribution in [0.25, 0.3) is 0 Å². The molecule has 4 rings (SSSR count). The number of amides is 1. The highest BCUT2D eigenvalue weighted by Crippen LogP contribution is 2.36. The molecule has 2 bridgehead atoms. The minimum absolute atomic E-state index is 0.0760. The van der Waals surface area contributed by atoms with Crippen molar-refractivity contribution >= 4 is 11.6 Å². The van der Waals surface area contributed by atoms with Crippen LogP contribution >= 0.6 is 0 Å². The van der Waals surface area contributed by atoms with Gasteiger partial charge in [0, 0.05) is 19.2 Å². The first-order chi connectivity index (χ1) is 11.2. The van der Waals surface area contributed by atoms with Gasteiger partial charge in [0.25, 0.3) is 0 Å². The lowest BCUT2D eigenvalue weighted by Crippen LogP contribution is -2.44. The summed E-state index contributed by atoms with van der Waals surface area (Å²) in [5.74, 6) is 0.895. The Kier molecular flexibility index (Phi) is 3.50. The number of fused-ring (bicyclic) bond motifs is 3. The summed E-state index contributed by atoms with van der Waals surface area (Å²) in [6.07, 6.45) is 2.57. The molecule has 2 aliphatic heterocycles. The molecular formula is C18H19N3O2. The molecule has 0 radical (unpaired) electrons. The molecule has 1 saturated heterocycles. The molecule has 23 heavy (non-hydrogen) atoms. The van der Waals surface area contributed by atoms with E-state index in [1.807, 2.05) is 49.5 Å². The summed E-state index contributed by atoms with van der Waals surface area (Å²) >= 11 is 0. The van der Waals surface area contributed by atoms with Gasteiger partial charge in [0.2, 0.25) is 5.91 Å². The summed E-state index contributed by atoms with van der Waals surface area (Å²) < 4.78 is 6.16. The number of carbonyl (C=O) groups is 1. The zero-order chi connectivity index (χ0) is 15.8. The molecule has 1 aromatic heterocycles. The van der Waals surface area contributed by atoms with Gasteiger partial charge in [-0.15, -0.1) is 0 Å². The predicted molar refractivity (Wildman–Crippen MR) is 87.3 cm³/mol. The van der Waals surface area contributed by atoms with Crippen molar-refractivity contribution < 1.29 is 9.53 Å². The Morgan fingerprint density at radius 2 is 2.04 bits per heavy atom. The molecule has 2 atom stereocenters. The fraction of sp³-hybridized carbons (Fsp3) is 0.333. The molecule has 118 valence electrons. The van der Waals surface area contributed by atoms with E-state index in [9.17, 15) is 4.79 Å². The molecule has 0 aliphatic carbocycles. The molecule has 1 fully saturated rings. The monoisotopic (exact) mass is 309 g/mol. The summed E-state index contributed by atoms with van der Waals surface area (Å²) in [6.45, 7) is 1.23. The molecule has 5 heteroatoms. The van der Waals surface area contributed by atoms with Crippen LogP contribution in [-0.2, 0) is 11.3 Å². The smallest absolute Gasteiger partial charge is 0.244 e. The number of benzene rings is 1. The second-order valence-corrected chi connectivity index (χ2v) is 6.14. The Balaban J connectivity index is 1.76. The van der Waals surface area contributed by atoms with Crippen molar-refractivity contribution in [1.82, 2.24) is 9.88 Å². The molecule has 2 unspecified atom stereocenters. The maximum absolute atomic E-state index is 13.1. The third-order valence-corrected chi connectivity index (χ3v) is 4.56. The average Bonchev–Trinajstić information content (AvgIpc) is 2.94. The molecule has 2 aromatic rings. The van der Waals surface area contributed by atoms with Crippen LogP contribution in [0.1, 0.15) is 12.1 Å². The van der Waals surface area contributed by atoms with Crippen molar-refractivity contribution in [3.8, 4) is 5.75 Å². The van der Waals surface area contributed by atoms with Crippen molar-refractivity contribution in [2.45, 2.75) is 25.1 Å². The lowest BCUT2D eigenvalue weighted by atomic mass is 10.1. The van der Waals surface area contributed by atoms with Crippen molar-refractivity contribution in [1.29, 1.82) is 0 Å². The predicted octanol–water partition coefficient (Wildman–Crippen LogP) is 2.08. The highest BCUT2D eigenvalue weighted by molar-refractivity contribution is 5.98. The van der Waals surface area contributed by atoms with Crippen LogP contribution in [-0.4, -0.2) is 41.5 Å². The highest BCUT2D eigenvalue weighted by atomic mass is 16.5. The number of para-hydroxylation sites is 2. The number of likely N-dealkylation sites (tertiary alicyclic amines) is 1. The number of hydrogen-bond acceptors (Lipinski definition) is 4. The normalized spacial score (nSPS) is 23.9. The lowest BCUT2D eigenvalue weighted by molar-refractivity contribution is -0.122. The minimum atomic E-state index is -0.128. The standard InChI is InChI=1S/C18H19N3O2/c1-20-12-14-10-16(20)18(22)21(11-13-6-4-5-9-19-13)15-7-2-3-8-17(15)23-14/h2-9,14,16H,10-12H2,1H3. The maximum Gasteiger partial charge on any atom is 0.244 e. The Morgan fingerprint density at radius 3 is 2.87 bits per heavy atom. The van der Waals surface area contributed by atoms with Crippen LogP contribution in [0, 0.1) is 0 Å². The molecule has 0 N–H and O–H groups in total. The lowest BCUT2D eigenvalue weighted by Gasteiger charge is -2.30. The van der Waals surface area contributed by atoms with Gasteiger partial charge in [0.05, 0.1) is 24.0 Å². The highest BCUT2D eigenvalue weighted by Gasteiger charge is 2.41. The first kappa shape index (κ1) is 14.2. The van der Waals surface area contributed by atoms with Gasteiger partial charge in [-0.25, -0.2) is 0 Å². The van der Waals surface area contributed by atoms with Crippen molar-refractivity contribution in [2.24, 2.45) is 0 Å². The molecule has 1 amide bonds. The van der Waals surface area contributed by atoms with Crippen molar-refractivity contribution in [2.75, 3.05) is 18.5 Å². The van der Waals surface area contributed by atoms with E-state index in [1.165, 1.54) is 0 Å². The van der Waals surface area contributed by atoms with Gasteiger partial charge in [-0.3, -0.25) is 14.7 Å².